The quantitative estimate of drug-likeness (QED) is 0.560. The number of nitrogens with zero attached hydrogens (tertiary/aromatic N) is 4. The van der Waals surface area contributed by atoms with Gasteiger partial charge in [0.05, 0.1) is 5.56 Å². The Kier molecular flexibility index (Phi) is 5.75. The second-order valence-electron chi connectivity index (χ2n) is 8.16. The Morgan fingerprint density at radius 1 is 1.55 bits per heavy atom. The fraction of sp³-hybridized carbons (Fsp3) is 0.550. The summed E-state index contributed by atoms with van der Waals surface area (Å²) in [5.41, 5.74) is 1.80. The summed E-state index contributed by atoms with van der Waals surface area (Å²) in [6.07, 6.45) is 5.02. The largest absolute Gasteiger partial charge is 0.358 e. The number of carbonyl (C=O) groups is 1. The van der Waals surface area contributed by atoms with Crippen molar-refractivity contribution >= 4 is 28.1 Å². The summed E-state index contributed by atoms with van der Waals surface area (Å²) in [6, 6.07) is 2.24. The van der Waals surface area contributed by atoms with Crippen LogP contribution in [-0.4, -0.2) is 20.4 Å². The van der Waals surface area contributed by atoms with Gasteiger partial charge in [0, 0.05) is 11.8 Å². The number of nitrogens with one attached hydrogen (secondary N) is 1. The molecule has 0 saturated heterocycles. The molecule has 0 aromatic carbocycles. The van der Waals surface area contributed by atoms with Crippen LogP contribution >= 0.6 is 11.3 Å². The van der Waals surface area contributed by atoms with Crippen molar-refractivity contribution in [3.63, 3.8) is 0 Å². The molecular weight excluding hydrogens is 390 g/mol. The summed E-state index contributed by atoms with van der Waals surface area (Å²) < 4.78 is 1.26. The first-order valence-electron chi connectivity index (χ1n) is 9.69. The molecule has 1 N–H and O–H groups in total. The molecule has 3 rings (SSSR count). The summed E-state index contributed by atoms with van der Waals surface area (Å²) >= 11 is 1.46. The molecule has 154 valence electrons. The minimum absolute atomic E-state index is 0.221. The Hall–Kier alpha value is -2.73. The monoisotopic (exact) mass is 415 g/mol. The second kappa shape index (κ2) is 7.95. The average Bonchev–Trinajstić information content (AvgIpc) is 3.20. The molecular formula is C20H25N5O3S. The highest BCUT2D eigenvalue weighted by atomic mass is 32.1. The van der Waals surface area contributed by atoms with E-state index in [1.165, 1.54) is 20.8 Å². The number of nitriles is 1. The summed E-state index contributed by atoms with van der Waals surface area (Å²) in [6.45, 7) is 8.16. The SMILES string of the molecule is CCC(C)(C)C1CCc2c(sc(NC(=O)Cn3c([N+](=O)[O-])cnc3C)c2C#N)C1. The summed E-state index contributed by atoms with van der Waals surface area (Å²) in [5, 5.41) is 24.1. The van der Waals surface area contributed by atoms with Gasteiger partial charge in [0.2, 0.25) is 0 Å². The zero-order chi connectivity index (χ0) is 21.3. The van der Waals surface area contributed by atoms with Gasteiger partial charge in [0.25, 0.3) is 5.91 Å². The summed E-state index contributed by atoms with van der Waals surface area (Å²) in [5.74, 6) is 0.301. The lowest BCUT2D eigenvalue weighted by atomic mass is 9.69. The van der Waals surface area contributed by atoms with Gasteiger partial charge in [-0.25, -0.2) is 9.55 Å². The molecule has 0 spiro atoms. The molecule has 1 aliphatic carbocycles. The molecule has 1 aliphatic rings. The Labute approximate surface area is 173 Å². The van der Waals surface area contributed by atoms with Gasteiger partial charge in [0.1, 0.15) is 17.3 Å². The van der Waals surface area contributed by atoms with E-state index in [0.29, 0.717) is 22.3 Å². The molecule has 0 bridgehead atoms. The third-order valence-electron chi connectivity index (χ3n) is 6.17. The minimum Gasteiger partial charge on any atom is -0.358 e. The van der Waals surface area contributed by atoms with Crippen molar-refractivity contribution in [2.75, 3.05) is 5.32 Å². The molecule has 0 aliphatic heterocycles. The van der Waals surface area contributed by atoms with Crippen LogP contribution in [0.3, 0.4) is 0 Å². The van der Waals surface area contributed by atoms with Gasteiger partial charge in [-0.3, -0.25) is 4.79 Å². The third-order valence-corrected chi connectivity index (χ3v) is 7.34. The van der Waals surface area contributed by atoms with Crippen molar-refractivity contribution < 1.29 is 9.72 Å². The van der Waals surface area contributed by atoms with E-state index in [4.69, 9.17) is 0 Å². The number of fused-ring (bicyclic) bond motifs is 1. The van der Waals surface area contributed by atoms with E-state index in [-0.39, 0.29) is 17.8 Å². The highest BCUT2D eigenvalue weighted by Gasteiger charge is 2.34. The first-order valence-corrected chi connectivity index (χ1v) is 10.5. The maximum absolute atomic E-state index is 12.6. The molecule has 9 heteroatoms. The van der Waals surface area contributed by atoms with Crippen molar-refractivity contribution in [1.82, 2.24) is 9.55 Å². The third kappa shape index (κ3) is 4.03. The first-order chi connectivity index (χ1) is 13.7. The minimum atomic E-state index is -0.562. The maximum atomic E-state index is 12.6. The standard InChI is InChI=1S/C20H25N5O3S/c1-5-20(3,4)13-6-7-14-15(9-21)19(29-16(14)8-13)23-17(26)11-24-12(2)22-10-18(24)25(27)28/h10,13H,5-8,11H2,1-4H3,(H,23,26). The molecule has 29 heavy (non-hydrogen) atoms. The number of nitro groups is 1. The van der Waals surface area contributed by atoms with Crippen LogP contribution in [0, 0.1) is 39.7 Å². The van der Waals surface area contributed by atoms with Gasteiger partial charge in [-0.05, 0) is 41.1 Å². The number of hydrogen-bond acceptors (Lipinski definition) is 6. The number of amides is 1. The topological polar surface area (TPSA) is 114 Å². The van der Waals surface area contributed by atoms with Crippen molar-refractivity contribution in [3.05, 3.63) is 38.1 Å². The van der Waals surface area contributed by atoms with Gasteiger partial charge >= 0.3 is 5.82 Å². The van der Waals surface area contributed by atoms with Crippen LogP contribution in [0.2, 0.25) is 0 Å². The second-order valence-corrected chi connectivity index (χ2v) is 9.26. The van der Waals surface area contributed by atoms with Gasteiger partial charge in [-0.2, -0.15) is 5.26 Å². The fourth-order valence-electron chi connectivity index (χ4n) is 3.86. The Morgan fingerprint density at radius 3 is 2.90 bits per heavy atom. The van der Waals surface area contributed by atoms with Crippen LogP contribution in [0.4, 0.5) is 10.8 Å². The smallest absolute Gasteiger partial charge is 0.343 e. The predicted molar refractivity (Wildman–Crippen MR) is 111 cm³/mol. The van der Waals surface area contributed by atoms with E-state index in [9.17, 15) is 20.2 Å². The van der Waals surface area contributed by atoms with E-state index in [1.807, 2.05) is 0 Å². The van der Waals surface area contributed by atoms with Gasteiger partial charge in [-0.15, -0.1) is 11.3 Å². The van der Waals surface area contributed by atoms with Crippen molar-refractivity contribution in [3.8, 4) is 6.07 Å². The Bertz CT molecular complexity index is 999. The van der Waals surface area contributed by atoms with Crippen LogP contribution in [0.15, 0.2) is 6.20 Å². The van der Waals surface area contributed by atoms with Crippen molar-refractivity contribution in [2.24, 2.45) is 11.3 Å². The molecule has 2 heterocycles. The lowest BCUT2D eigenvalue weighted by molar-refractivity contribution is -0.392. The summed E-state index contributed by atoms with van der Waals surface area (Å²) in [7, 11) is 0. The Balaban J connectivity index is 1.81. The molecule has 2 aromatic heterocycles. The molecule has 2 aromatic rings. The van der Waals surface area contributed by atoms with E-state index in [0.717, 1.165) is 37.4 Å². The zero-order valence-electron chi connectivity index (χ0n) is 17.1. The number of aromatic nitrogens is 2. The molecule has 1 atom stereocenters. The van der Waals surface area contributed by atoms with Gasteiger partial charge in [0.15, 0.2) is 12.4 Å². The van der Waals surface area contributed by atoms with E-state index in [1.54, 1.807) is 6.92 Å². The van der Waals surface area contributed by atoms with E-state index in [2.05, 4.69) is 37.1 Å². The lowest BCUT2D eigenvalue weighted by Crippen LogP contribution is -2.28. The number of anilines is 1. The fourth-order valence-corrected chi connectivity index (χ4v) is 5.15. The first kappa shape index (κ1) is 21.0. The average molecular weight is 416 g/mol. The molecule has 0 fully saturated rings. The zero-order valence-corrected chi connectivity index (χ0v) is 17.9. The molecule has 8 nitrogen and oxygen atoms in total. The van der Waals surface area contributed by atoms with Crippen LogP contribution < -0.4 is 5.32 Å². The van der Waals surface area contributed by atoms with Crippen molar-refractivity contribution in [2.45, 2.75) is 59.9 Å². The number of imidazole rings is 1. The number of hydrogen-bond donors (Lipinski definition) is 1. The number of carbonyl (C=O) groups excluding carboxylic acids is 1. The van der Waals surface area contributed by atoms with E-state index < -0.39 is 10.8 Å². The summed E-state index contributed by atoms with van der Waals surface area (Å²) in [4.78, 5) is 28.2. The van der Waals surface area contributed by atoms with E-state index >= 15 is 0 Å². The normalized spacial score (nSPS) is 16.2. The van der Waals surface area contributed by atoms with Gasteiger partial charge < -0.3 is 15.4 Å². The maximum Gasteiger partial charge on any atom is 0.343 e. The molecule has 1 amide bonds. The number of aryl methyl sites for hydroxylation is 1. The van der Waals surface area contributed by atoms with Crippen LogP contribution in [-0.2, 0) is 24.2 Å². The Morgan fingerprint density at radius 2 is 2.28 bits per heavy atom. The highest BCUT2D eigenvalue weighted by Crippen LogP contribution is 2.45. The van der Waals surface area contributed by atoms with Crippen LogP contribution in [0.1, 0.15) is 55.4 Å². The number of rotatable bonds is 6. The van der Waals surface area contributed by atoms with Crippen molar-refractivity contribution in [1.29, 1.82) is 5.26 Å². The van der Waals surface area contributed by atoms with Gasteiger partial charge in [-0.1, -0.05) is 27.2 Å². The van der Waals surface area contributed by atoms with Crippen LogP contribution in [0.5, 0.6) is 0 Å². The lowest BCUT2D eigenvalue weighted by Gasteiger charge is -2.36. The predicted octanol–water partition coefficient (Wildman–Crippen LogP) is 4.21. The number of thiophene rings is 1. The van der Waals surface area contributed by atoms with Crippen LogP contribution in [0.25, 0.3) is 0 Å². The molecule has 0 radical (unpaired) electrons. The molecule has 1 unspecified atom stereocenters. The molecule has 0 saturated carbocycles. The highest BCUT2D eigenvalue weighted by molar-refractivity contribution is 7.16.